The van der Waals surface area contributed by atoms with Gasteiger partial charge < -0.3 is 19.7 Å². The Morgan fingerprint density at radius 2 is 1.23 bits per heavy atom. The lowest BCUT2D eigenvalue weighted by atomic mass is 9.71. The van der Waals surface area contributed by atoms with Crippen LogP contribution in [-0.4, -0.2) is 54.1 Å². The predicted molar refractivity (Wildman–Crippen MR) is 192 cm³/mol. The number of nitrogens with zero attached hydrogens (tertiary/aromatic N) is 1. The summed E-state index contributed by atoms with van der Waals surface area (Å²) in [6.07, 6.45) is -2.57. The highest BCUT2D eigenvalue weighted by Gasteiger charge is 2.62. The molecular weight excluding hydrogens is 626 g/mol. The van der Waals surface area contributed by atoms with Crippen LogP contribution in [0, 0.1) is 5.41 Å². The zero-order valence-corrected chi connectivity index (χ0v) is 31.3. The smallest absolute Gasteiger partial charge is 0.305 e. The lowest BCUT2D eigenvalue weighted by Crippen LogP contribution is -2.61. The topological polar surface area (TPSA) is 113 Å². The molecule has 2 N–H and O–H groups in total. The number of aliphatic hydroxyl groups is 1. The van der Waals surface area contributed by atoms with E-state index in [-0.39, 0.29) is 13.3 Å². The highest BCUT2D eigenvalue weighted by atomic mass is 32.2. The third-order valence-electron chi connectivity index (χ3n) is 9.09. The molecule has 0 saturated carbocycles. The van der Waals surface area contributed by atoms with Crippen LogP contribution in [0.15, 0.2) is 72.8 Å². The highest BCUT2D eigenvalue weighted by Crippen LogP contribution is 2.53. The Hall–Kier alpha value is -3.24. The summed E-state index contributed by atoms with van der Waals surface area (Å²) >= 11 is 0. The van der Waals surface area contributed by atoms with Gasteiger partial charge in [0.15, 0.2) is 6.79 Å². The molecule has 8 nitrogen and oxygen atoms in total. The van der Waals surface area contributed by atoms with Crippen molar-refractivity contribution in [2.45, 2.75) is 103 Å². The number of aliphatic hydroxyl groups excluding tert-OH is 1. The van der Waals surface area contributed by atoms with Gasteiger partial charge in [-0.15, -0.1) is 0 Å². The number of methoxy groups -OCH3 is 1. The molecule has 9 heteroatoms. The Morgan fingerprint density at radius 3 is 1.56 bits per heavy atom. The van der Waals surface area contributed by atoms with Gasteiger partial charge in [0.2, 0.25) is 10.0 Å². The number of rotatable bonds is 13. The van der Waals surface area contributed by atoms with Crippen molar-refractivity contribution in [3.05, 3.63) is 101 Å². The van der Waals surface area contributed by atoms with Gasteiger partial charge >= 0.3 is 5.97 Å². The van der Waals surface area contributed by atoms with Crippen LogP contribution in [0.3, 0.4) is 0 Å². The molecule has 264 valence electrons. The number of hydrogen-bond donors (Lipinski definition) is 2. The quantitative estimate of drug-likeness (QED) is 0.176. The van der Waals surface area contributed by atoms with Gasteiger partial charge in [-0.3, -0.25) is 4.79 Å². The van der Waals surface area contributed by atoms with E-state index in [1.807, 2.05) is 102 Å². The fourth-order valence-corrected chi connectivity index (χ4v) is 9.36. The molecule has 0 bridgehead atoms. The minimum absolute atomic E-state index is 0.000791. The molecule has 3 rings (SSSR count). The molecule has 0 amide bonds. The molecule has 0 radical (unpaired) electrons. The molecule has 0 spiro atoms. The van der Waals surface area contributed by atoms with Crippen molar-refractivity contribution in [1.29, 1.82) is 0 Å². The highest BCUT2D eigenvalue weighted by molar-refractivity contribution is 7.90. The van der Waals surface area contributed by atoms with Crippen molar-refractivity contribution in [2.24, 2.45) is 5.41 Å². The largest absolute Gasteiger partial charge is 0.481 e. The van der Waals surface area contributed by atoms with Gasteiger partial charge in [0, 0.05) is 24.8 Å². The number of aliphatic carboxylic acids is 1. The molecule has 3 aromatic rings. The van der Waals surface area contributed by atoms with Gasteiger partial charge in [-0.05, 0) is 45.1 Å². The fraction of sp³-hybridized carbons (Fsp3) is 0.513. The third kappa shape index (κ3) is 7.80. The van der Waals surface area contributed by atoms with E-state index in [0.717, 1.165) is 22.3 Å². The van der Waals surface area contributed by atoms with Gasteiger partial charge in [-0.2, -0.15) is 4.31 Å². The normalized spacial score (nSPS) is 15.0. The second-order valence-corrected chi connectivity index (χ2v) is 17.7. The molecule has 48 heavy (non-hydrogen) atoms. The minimum Gasteiger partial charge on any atom is -0.481 e. The van der Waals surface area contributed by atoms with Crippen molar-refractivity contribution >= 4 is 16.0 Å². The second kappa shape index (κ2) is 14.7. The zero-order valence-electron chi connectivity index (χ0n) is 30.5. The van der Waals surface area contributed by atoms with Crippen LogP contribution in [0.2, 0.25) is 0 Å². The van der Waals surface area contributed by atoms with Gasteiger partial charge in [-0.25, -0.2) is 8.42 Å². The first-order valence-corrected chi connectivity index (χ1v) is 17.9. The van der Waals surface area contributed by atoms with Gasteiger partial charge in [0.1, 0.15) is 16.6 Å². The van der Waals surface area contributed by atoms with Crippen molar-refractivity contribution in [3.8, 4) is 5.75 Å². The van der Waals surface area contributed by atoms with Crippen molar-refractivity contribution < 1.29 is 32.9 Å². The average molecular weight is 682 g/mol. The summed E-state index contributed by atoms with van der Waals surface area (Å²) in [6.45, 7) is 18.9. The third-order valence-corrected chi connectivity index (χ3v) is 12.1. The molecule has 0 aliphatic rings. The van der Waals surface area contributed by atoms with Crippen molar-refractivity contribution in [2.75, 3.05) is 20.4 Å². The van der Waals surface area contributed by atoms with Gasteiger partial charge in [-0.1, -0.05) is 130 Å². The molecule has 2 unspecified atom stereocenters. The maximum atomic E-state index is 15.6. The number of benzene rings is 3. The van der Waals surface area contributed by atoms with Crippen LogP contribution in [-0.2, 0) is 30.4 Å². The summed E-state index contributed by atoms with van der Waals surface area (Å²) < 4.78 is 41.8. The van der Waals surface area contributed by atoms with E-state index < -0.39 is 55.6 Å². The SMILES string of the molecule is CCN(C(c1ccccc1)c1ccccc1)S(=O)(=O)C(CC(=O)O)(C(O)c1cc(C(C)(C)C)c(OCOC)c(C(C)(C)C)c1)C(C)(C)C. The number of carboxylic acid groups (broad SMARTS) is 1. The molecule has 0 aliphatic heterocycles. The van der Waals surface area contributed by atoms with Crippen LogP contribution in [0.5, 0.6) is 5.75 Å². The zero-order chi connectivity index (χ0) is 36.3. The molecule has 2 atom stereocenters. The molecule has 0 heterocycles. The summed E-state index contributed by atoms with van der Waals surface area (Å²) in [7, 11) is -3.10. The first-order valence-electron chi connectivity index (χ1n) is 16.5. The predicted octanol–water partition coefficient (Wildman–Crippen LogP) is 8.00. The van der Waals surface area contributed by atoms with E-state index >= 15 is 8.42 Å². The molecule has 0 aliphatic carbocycles. The van der Waals surface area contributed by atoms with E-state index in [2.05, 4.69) is 0 Å². The molecule has 0 saturated heterocycles. The Labute approximate surface area is 288 Å². The summed E-state index contributed by atoms with van der Waals surface area (Å²) in [5, 5.41) is 23.2. The molecular formula is C39H55NO7S. The van der Waals surface area contributed by atoms with E-state index in [4.69, 9.17) is 9.47 Å². The summed E-state index contributed by atoms with van der Waals surface area (Å²) in [5.41, 5.74) is 1.01. The van der Waals surface area contributed by atoms with Crippen LogP contribution in [0.25, 0.3) is 0 Å². The lowest BCUT2D eigenvalue weighted by molar-refractivity contribution is -0.140. The van der Waals surface area contributed by atoms with Crippen LogP contribution < -0.4 is 4.74 Å². The van der Waals surface area contributed by atoms with Crippen molar-refractivity contribution in [3.63, 3.8) is 0 Å². The van der Waals surface area contributed by atoms with E-state index in [1.54, 1.807) is 39.8 Å². The Kier molecular flexibility index (Phi) is 12.0. The standard InChI is InChI=1S/C39H55NO7S/c1-12-40(33(27-19-15-13-16-20-27)28-21-17-14-18-22-28)48(44,45)39(25-32(41)42,38(8,9)10)35(43)29-23-30(36(2,3)4)34(47-26-46-11)31(24-29)37(5,6)7/h13-24,33,35,43H,12,25-26H2,1-11H3,(H,41,42). The minimum atomic E-state index is -4.64. The van der Waals surface area contributed by atoms with Crippen LogP contribution in [0.1, 0.15) is 116 Å². The molecule has 0 aromatic heterocycles. The Bertz CT molecular complexity index is 1560. The van der Waals surface area contributed by atoms with Gasteiger partial charge in [0.05, 0.1) is 12.5 Å². The number of carboxylic acids is 1. The number of hydrogen-bond acceptors (Lipinski definition) is 6. The molecule has 3 aromatic carbocycles. The van der Waals surface area contributed by atoms with E-state index in [9.17, 15) is 15.0 Å². The second-order valence-electron chi connectivity index (χ2n) is 15.5. The summed E-state index contributed by atoms with van der Waals surface area (Å²) in [4.78, 5) is 12.9. The Balaban J connectivity index is 2.48. The summed E-state index contributed by atoms with van der Waals surface area (Å²) in [6, 6.07) is 21.4. The maximum absolute atomic E-state index is 15.6. The Morgan fingerprint density at radius 1 is 0.792 bits per heavy atom. The van der Waals surface area contributed by atoms with Gasteiger partial charge in [0.25, 0.3) is 0 Å². The lowest BCUT2D eigenvalue weighted by Gasteiger charge is -2.50. The fourth-order valence-electron chi connectivity index (χ4n) is 6.58. The average Bonchev–Trinajstić information content (AvgIpc) is 2.99. The number of carbonyl (C=O) groups is 1. The van der Waals surface area contributed by atoms with Crippen LogP contribution in [0.4, 0.5) is 0 Å². The summed E-state index contributed by atoms with van der Waals surface area (Å²) in [5.74, 6) is -0.731. The first-order chi connectivity index (χ1) is 22.1. The maximum Gasteiger partial charge on any atom is 0.305 e. The van der Waals surface area contributed by atoms with E-state index in [1.165, 1.54) is 11.4 Å². The first kappa shape index (κ1) is 39.2. The van der Waals surface area contributed by atoms with Crippen LogP contribution >= 0.6 is 0 Å². The number of ether oxygens (including phenoxy) is 2. The number of sulfonamides is 1. The monoisotopic (exact) mass is 681 g/mol. The van der Waals surface area contributed by atoms with Crippen molar-refractivity contribution in [1.82, 2.24) is 4.31 Å². The molecule has 0 fully saturated rings. The van der Waals surface area contributed by atoms with E-state index in [0.29, 0.717) is 11.3 Å².